The highest BCUT2D eigenvalue weighted by Crippen LogP contribution is 2.33. The standard InChI is InChI=1S/C22H26N4O4/c1-13(2)26-18-8-9-25(12-17(18)20(24-26)21-23-11-14(3)30-21)22(27)16-7-6-15(28-4)10-19(16)29-5/h6-7,10-11,13H,8-9,12H2,1-5H3. The lowest BCUT2D eigenvalue weighted by atomic mass is 10.0. The van der Waals surface area contributed by atoms with Crippen LogP contribution in [0.5, 0.6) is 11.5 Å². The van der Waals surface area contributed by atoms with Crippen molar-refractivity contribution >= 4 is 5.91 Å². The molecule has 3 heterocycles. The molecule has 4 rings (SSSR count). The van der Waals surface area contributed by atoms with Crippen molar-refractivity contribution in [3.8, 4) is 23.1 Å². The van der Waals surface area contributed by atoms with Crippen LogP contribution in [0.2, 0.25) is 0 Å². The van der Waals surface area contributed by atoms with Crippen molar-refractivity contribution in [3.63, 3.8) is 0 Å². The minimum atomic E-state index is -0.0908. The number of rotatable bonds is 5. The average molecular weight is 410 g/mol. The molecule has 158 valence electrons. The smallest absolute Gasteiger partial charge is 0.257 e. The zero-order valence-corrected chi connectivity index (χ0v) is 17.9. The Morgan fingerprint density at radius 1 is 1.23 bits per heavy atom. The summed E-state index contributed by atoms with van der Waals surface area (Å²) in [5.74, 6) is 2.26. The molecule has 0 fully saturated rings. The number of fused-ring (bicyclic) bond motifs is 1. The molecule has 0 atom stereocenters. The number of hydrogen-bond donors (Lipinski definition) is 0. The van der Waals surface area contributed by atoms with Gasteiger partial charge in [0.05, 0.1) is 32.5 Å². The molecule has 0 aliphatic carbocycles. The molecule has 0 N–H and O–H groups in total. The third-order valence-corrected chi connectivity index (χ3v) is 5.33. The van der Waals surface area contributed by atoms with Crippen molar-refractivity contribution < 1.29 is 18.7 Å². The lowest BCUT2D eigenvalue weighted by Gasteiger charge is -2.29. The number of carbonyl (C=O) groups is 1. The van der Waals surface area contributed by atoms with Gasteiger partial charge in [0, 0.05) is 36.3 Å². The van der Waals surface area contributed by atoms with E-state index in [9.17, 15) is 4.79 Å². The fraction of sp³-hybridized carbons (Fsp3) is 0.409. The second-order valence-corrected chi connectivity index (χ2v) is 7.63. The van der Waals surface area contributed by atoms with Gasteiger partial charge in [-0.2, -0.15) is 5.10 Å². The van der Waals surface area contributed by atoms with E-state index in [1.807, 2.05) is 16.5 Å². The van der Waals surface area contributed by atoms with E-state index in [1.54, 1.807) is 38.6 Å². The molecule has 2 aromatic heterocycles. The summed E-state index contributed by atoms with van der Waals surface area (Å²) in [6, 6.07) is 5.43. The Morgan fingerprint density at radius 3 is 2.67 bits per heavy atom. The molecule has 1 aromatic carbocycles. The molecule has 0 spiro atoms. The molecule has 0 radical (unpaired) electrons. The van der Waals surface area contributed by atoms with Gasteiger partial charge in [0.2, 0.25) is 5.89 Å². The summed E-state index contributed by atoms with van der Waals surface area (Å²) in [6.07, 6.45) is 2.40. The number of benzene rings is 1. The van der Waals surface area contributed by atoms with Crippen LogP contribution in [0.25, 0.3) is 11.6 Å². The van der Waals surface area contributed by atoms with Gasteiger partial charge in [0.15, 0.2) is 5.69 Å². The lowest BCUT2D eigenvalue weighted by Crippen LogP contribution is -2.36. The zero-order chi connectivity index (χ0) is 21.4. The maximum atomic E-state index is 13.3. The Morgan fingerprint density at radius 2 is 2.03 bits per heavy atom. The minimum absolute atomic E-state index is 0.0908. The van der Waals surface area contributed by atoms with Crippen LogP contribution in [-0.2, 0) is 13.0 Å². The number of oxazole rings is 1. The van der Waals surface area contributed by atoms with Gasteiger partial charge in [0.25, 0.3) is 5.91 Å². The van der Waals surface area contributed by atoms with Crippen LogP contribution in [0.3, 0.4) is 0 Å². The first kappa shape index (κ1) is 20.0. The van der Waals surface area contributed by atoms with E-state index in [2.05, 4.69) is 18.8 Å². The number of amides is 1. The number of nitrogens with zero attached hydrogens (tertiary/aromatic N) is 4. The molecule has 0 unspecified atom stereocenters. The van der Waals surface area contributed by atoms with Crippen LogP contribution in [0.1, 0.15) is 47.3 Å². The van der Waals surface area contributed by atoms with Crippen LogP contribution in [0, 0.1) is 6.92 Å². The molecular weight excluding hydrogens is 384 g/mol. The number of aromatic nitrogens is 3. The van der Waals surface area contributed by atoms with Crippen LogP contribution in [-0.4, -0.2) is 46.3 Å². The first-order chi connectivity index (χ1) is 14.4. The van der Waals surface area contributed by atoms with Gasteiger partial charge in [-0.25, -0.2) is 4.98 Å². The first-order valence-corrected chi connectivity index (χ1v) is 9.97. The van der Waals surface area contributed by atoms with Crippen molar-refractivity contribution in [2.24, 2.45) is 0 Å². The van der Waals surface area contributed by atoms with E-state index in [-0.39, 0.29) is 11.9 Å². The van der Waals surface area contributed by atoms with Gasteiger partial charge < -0.3 is 18.8 Å². The SMILES string of the molecule is COc1ccc(C(=O)N2CCc3c(c(-c4ncc(C)o4)nn3C(C)C)C2)c(OC)c1. The predicted molar refractivity (Wildman–Crippen MR) is 111 cm³/mol. The highest BCUT2D eigenvalue weighted by molar-refractivity contribution is 5.97. The molecule has 8 nitrogen and oxygen atoms in total. The van der Waals surface area contributed by atoms with Gasteiger partial charge in [-0.1, -0.05) is 0 Å². The van der Waals surface area contributed by atoms with Crippen LogP contribution < -0.4 is 9.47 Å². The van der Waals surface area contributed by atoms with Crippen molar-refractivity contribution in [3.05, 3.63) is 47.0 Å². The van der Waals surface area contributed by atoms with E-state index >= 15 is 0 Å². The molecule has 8 heteroatoms. The third kappa shape index (κ3) is 3.42. The molecule has 0 saturated carbocycles. The summed E-state index contributed by atoms with van der Waals surface area (Å²) in [5, 5.41) is 4.78. The van der Waals surface area contributed by atoms with E-state index in [0.29, 0.717) is 48.2 Å². The maximum absolute atomic E-state index is 13.3. The van der Waals surface area contributed by atoms with Gasteiger partial charge in [-0.3, -0.25) is 9.48 Å². The number of aryl methyl sites for hydroxylation is 1. The van der Waals surface area contributed by atoms with Gasteiger partial charge in [-0.15, -0.1) is 0 Å². The quantitative estimate of drug-likeness (QED) is 0.639. The molecule has 0 saturated heterocycles. The summed E-state index contributed by atoms with van der Waals surface area (Å²) in [7, 11) is 3.14. The average Bonchev–Trinajstić information content (AvgIpc) is 3.35. The zero-order valence-electron chi connectivity index (χ0n) is 17.9. The molecule has 1 amide bonds. The summed E-state index contributed by atoms with van der Waals surface area (Å²) in [6.45, 7) is 7.08. The van der Waals surface area contributed by atoms with Crippen molar-refractivity contribution in [2.45, 2.75) is 39.8 Å². The number of ether oxygens (including phenoxy) is 2. The summed E-state index contributed by atoms with van der Waals surface area (Å²) < 4.78 is 18.4. The first-order valence-electron chi connectivity index (χ1n) is 9.97. The topological polar surface area (TPSA) is 82.6 Å². The van der Waals surface area contributed by atoms with Crippen molar-refractivity contribution in [2.75, 3.05) is 20.8 Å². The van der Waals surface area contributed by atoms with Gasteiger partial charge >= 0.3 is 0 Å². The summed E-state index contributed by atoms with van der Waals surface area (Å²) in [5.41, 5.74) is 3.32. The van der Waals surface area contributed by atoms with Gasteiger partial charge in [-0.05, 0) is 32.9 Å². The van der Waals surface area contributed by atoms with E-state index in [4.69, 9.17) is 19.0 Å². The van der Waals surface area contributed by atoms with E-state index in [0.717, 1.165) is 17.0 Å². The molecule has 1 aliphatic heterocycles. The number of methoxy groups -OCH3 is 2. The fourth-order valence-electron chi connectivity index (χ4n) is 3.83. The number of hydrogen-bond acceptors (Lipinski definition) is 6. The van der Waals surface area contributed by atoms with E-state index in [1.165, 1.54) is 0 Å². The second-order valence-electron chi connectivity index (χ2n) is 7.63. The van der Waals surface area contributed by atoms with Crippen molar-refractivity contribution in [1.29, 1.82) is 0 Å². The van der Waals surface area contributed by atoms with Crippen LogP contribution in [0.4, 0.5) is 0 Å². The lowest BCUT2D eigenvalue weighted by molar-refractivity contribution is 0.0729. The van der Waals surface area contributed by atoms with Crippen LogP contribution >= 0.6 is 0 Å². The van der Waals surface area contributed by atoms with Gasteiger partial charge in [0.1, 0.15) is 17.3 Å². The second kappa shape index (κ2) is 7.85. The predicted octanol–water partition coefficient (Wildman–Crippen LogP) is 3.64. The number of carbonyl (C=O) groups excluding carboxylic acids is 1. The minimum Gasteiger partial charge on any atom is -0.497 e. The molecule has 0 bridgehead atoms. The van der Waals surface area contributed by atoms with Crippen molar-refractivity contribution in [1.82, 2.24) is 19.7 Å². The fourth-order valence-corrected chi connectivity index (χ4v) is 3.83. The summed E-state index contributed by atoms with van der Waals surface area (Å²) in [4.78, 5) is 19.5. The Balaban J connectivity index is 1.70. The van der Waals surface area contributed by atoms with Crippen LogP contribution in [0.15, 0.2) is 28.8 Å². The Kier molecular flexibility index (Phi) is 5.24. The molecule has 1 aliphatic rings. The molecular formula is C22H26N4O4. The Hall–Kier alpha value is -3.29. The Bertz CT molecular complexity index is 1080. The largest absolute Gasteiger partial charge is 0.497 e. The van der Waals surface area contributed by atoms with E-state index < -0.39 is 0 Å². The highest BCUT2D eigenvalue weighted by Gasteiger charge is 2.31. The monoisotopic (exact) mass is 410 g/mol. The third-order valence-electron chi connectivity index (χ3n) is 5.33. The Labute approximate surface area is 175 Å². The maximum Gasteiger partial charge on any atom is 0.257 e. The molecule has 3 aromatic rings. The molecule has 30 heavy (non-hydrogen) atoms. The normalized spacial score (nSPS) is 13.5. The highest BCUT2D eigenvalue weighted by atomic mass is 16.5. The summed E-state index contributed by atoms with van der Waals surface area (Å²) >= 11 is 0.